The van der Waals surface area contributed by atoms with Gasteiger partial charge in [0.15, 0.2) is 23.0 Å². The minimum absolute atomic E-state index is 0.207. The van der Waals surface area contributed by atoms with E-state index in [1.165, 1.54) is 0 Å². The lowest BCUT2D eigenvalue weighted by atomic mass is 9.91. The van der Waals surface area contributed by atoms with Crippen LogP contribution in [0.5, 0.6) is 23.0 Å². The molecule has 18 aromatic rings. The summed E-state index contributed by atoms with van der Waals surface area (Å²) >= 11 is 0. The maximum Gasteiger partial charge on any atom is 0.161 e. The second-order valence-electron chi connectivity index (χ2n) is 28.8. The molecular formula is C104H76N12O6. The largest absolute Gasteiger partial charge is 0.487 e. The van der Waals surface area contributed by atoms with Gasteiger partial charge < -0.3 is 28.4 Å². The van der Waals surface area contributed by atoms with E-state index in [1.54, 1.807) is 24.8 Å². The standard InChI is InChI=1S/C104H76N12O6/c1-5-45-105-85(13-1)89-17-9-21-93(113-89)97-61-77(41-49-109-97)69-25-33-73(34-26-69)81-65-101-102(66-82(81)74-35-27-70(28-36-74)78-42-50-110-98(62-78)94-22-10-18-90(114-94)86-14-2-6-46-106-86)120-58-54-118-56-60-122-104-68-84(76-39-31-72(32-40-76)80-44-52-112-100(64-80)96-24-12-20-92(116-96)88-16-4-8-48-108-88)83(67-103(104)121-59-55-117-53-57-119-101)75-37-29-71(30-38-75)79-43-51-111-99(63-79)95-23-11-19-91(115-95)87-15-3-7-47-107-87/h1-52,61-68H,53-60H2. The lowest BCUT2D eigenvalue weighted by Gasteiger charge is -2.20. The molecule has 18 heteroatoms. The quantitative estimate of drug-likeness (QED) is 0.0880. The zero-order valence-corrected chi connectivity index (χ0v) is 66.1. The summed E-state index contributed by atoms with van der Waals surface area (Å²) in [5, 5.41) is 0. The Morgan fingerprint density at radius 2 is 0.344 bits per heavy atom. The average molecular weight is 1590 g/mol. The maximum absolute atomic E-state index is 6.76. The number of fused-ring (bicyclic) bond motifs is 2. The lowest BCUT2D eigenvalue weighted by molar-refractivity contribution is 0.0641. The van der Waals surface area contributed by atoms with E-state index in [1.807, 2.05) is 195 Å². The van der Waals surface area contributed by atoms with Gasteiger partial charge in [-0.3, -0.25) is 39.9 Å². The highest BCUT2D eigenvalue weighted by Crippen LogP contribution is 2.46. The van der Waals surface area contributed by atoms with Gasteiger partial charge in [-0.25, -0.2) is 19.9 Å². The van der Waals surface area contributed by atoms with E-state index >= 15 is 0 Å². The van der Waals surface area contributed by atoms with E-state index in [0.29, 0.717) is 23.0 Å². The monoisotopic (exact) mass is 1590 g/mol. The van der Waals surface area contributed by atoms with Crippen molar-refractivity contribution < 1.29 is 28.4 Å². The number of hydrogen-bond acceptors (Lipinski definition) is 18. The molecule has 6 aromatic carbocycles. The van der Waals surface area contributed by atoms with Gasteiger partial charge in [-0.05, 0) is 259 Å². The molecule has 19 rings (SSSR count). The molecule has 0 fully saturated rings. The Morgan fingerprint density at radius 1 is 0.148 bits per heavy atom. The molecule has 1 aliphatic rings. The van der Waals surface area contributed by atoms with E-state index in [2.05, 4.69) is 166 Å². The van der Waals surface area contributed by atoms with Gasteiger partial charge in [-0.15, -0.1) is 0 Å². The van der Waals surface area contributed by atoms with Crippen LogP contribution in [0.2, 0.25) is 0 Å². The molecule has 0 saturated heterocycles. The molecule has 0 bridgehead atoms. The van der Waals surface area contributed by atoms with Crippen LogP contribution in [0.3, 0.4) is 0 Å². The third-order valence-corrected chi connectivity index (χ3v) is 21.0. The Labute approximate surface area is 705 Å². The Kier molecular flexibility index (Phi) is 22.5. The lowest BCUT2D eigenvalue weighted by Crippen LogP contribution is -2.15. The maximum atomic E-state index is 6.76. The SMILES string of the molecule is c1ccc(-c2cccc(-c3cc(-c4ccc(-c5cc6c(cc5-c5ccc(-c7ccnc(-c8cccc(-c9ccccn9)n8)c7)cc5)OCCOCCOc5cc(-c7ccc(-c8ccnc(-c9cccc(-c%10ccccn%10)n9)c8)cc7)c(-c7ccc(-c8ccnc(-c9cccc(-c%10ccccn%10)n9)c8)cc7)cc5OCCOCCO6)cc4)ccn3)n2)nc1. The molecule has 0 aliphatic carbocycles. The summed E-state index contributed by atoms with van der Waals surface area (Å²) in [6.07, 6.45) is 14.4. The van der Waals surface area contributed by atoms with Crippen LogP contribution in [0, 0.1) is 0 Å². The van der Waals surface area contributed by atoms with Crippen molar-refractivity contribution in [1.82, 2.24) is 59.8 Å². The Bertz CT molecular complexity index is 5890. The van der Waals surface area contributed by atoms with Gasteiger partial charge >= 0.3 is 0 Å². The average Bonchev–Trinajstić information content (AvgIpc) is 0.784. The van der Waals surface area contributed by atoms with E-state index in [4.69, 9.17) is 68.3 Å². The summed E-state index contributed by atoms with van der Waals surface area (Å²) in [6, 6.07) is 106. The number of ether oxygens (including phenoxy) is 6. The smallest absolute Gasteiger partial charge is 0.161 e. The van der Waals surface area contributed by atoms with Crippen LogP contribution >= 0.6 is 0 Å². The first-order valence-corrected chi connectivity index (χ1v) is 40.3. The Hall–Kier alpha value is -15.8. The summed E-state index contributed by atoms with van der Waals surface area (Å²) in [6.45, 7) is 1.82. The van der Waals surface area contributed by atoms with Crippen molar-refractivity contribution in [2.45, 2.75) is 0 Å². The predicted octanol–water partition coefficient (Wildman–Crippen LogP) is 22.4. The molecule has 0 spiro atoms. The van der Waals surface area contributed by atoms with E-state index in [0.717, 1.165) is 180 Å². The van der Waals surface area contributed by atoms with Crippen LogP contribution in [0.25, 0.3) is 180 Å². The summed E-state index contributed by atoms with van der Waals surface area (Å²) in [5.74, 6) is 2.19. The molecular weight excluding hydrogens is 1510 g/mol. The fourth-order valence-corrected chi connectivity index (χ4v) is 14.9. The molecule has 0 saturated carbocycles. The number of aromatic nitrogens is 12. The zero-order valence-electron chi connectivity index (χ0n) is 66.1. The third kappa shape index (κ3) is 17.5. The first kappa shape index (κ1) is 76.2. The minimum atomic E-state index is 0.207. The summed E-state index contributed by atoms with van der Waals surface area (Å²) in [7, 11) is 0. The first-order chi connectivity index (χ1) is 60.4. The fraction of sp³-hybridized carbons (Fsp3) is 0.0769. The summed E-state index contributed by atoms with van der Waals surface area (Å²) < 4.78 is 39.8. The molecule has 12 aromatic heterocycles. The normalized spacial score (nSPS) is 12.5. The second-order valence-corrected chi connectivity index (χ2v) is 28.8. The zero-order chi connectivity index (χ0) is 81.6. The summed E-state index contributed by atoms with van der Waals surface area (Å²) in [4.78, 5) is 57.1. The van der Waals surface area contributed by atoms with Crippen LogP contribution in [0.15, 0.2) is 365 Å². The van der Waals surface area contributed by atoms with Crippen molar-refractivity contribution in [3.8, 4) is 203 Å². The molecule has 13 heterocycles. The fourth-order valence-electron chi connectivity index (χ4n) is 14.9. The van der Waals surface area contributed by atoms with Gasteiger partial charge in [0.05, 0.1) is 118 Å². The molecule has 0 atom stereocenters. The number of hydrogen-bond donors (Lipinski definition) is 0. The van der Waals surface area contributed by atoms with Crippen molar-refractivity contribution in [3.63, 3.8) is 0 Å². The van der Waals surface area contributed by atoms with Gasteiger partial charge in [-0.1, -0.05) is 146 Å². The van der Waals surface area contributed by atoms with E-state index < -0.39 is 0 Å². The number of pyridine rings is 12. The predicted molar refractivity (Wildman–Crippen MR) is 477 cm³/mol. The number of rotatable bonds is 16. The van der Waals surface area contributed by atoms with Crippen LogP contribution in [-0.4, -0.2) is 113 Å². The van der Waals surface area contributed by atoms with Crippen LogP contribution in [-0.2, 0) is 9.47 Å². The van der Waals surface area contributed by atoms with Crippen molar-refractivity contribution in [2.24, 2.45) is 0 Å². The summed E-state index contributed by atoms with van der Waals surface area (Å²) in [5.41, 5.74) is 27.8. The van der Waals surface area contributed by atoms with Gasteiger partial charge in [0.1, 0.15) is 26.4 Å². The highest BCUT2D eigenvalue weighted by Gasteiger charge is 2.22. The van der Waals surface area contributed by atoms with Crippen molar-refractivity contribution in [3.05, 3.63) is 365 Å². The van der Waals surface area contributed by atoms with Gasteiger partial charge in [0.2, 0.25) is 0 Å². The number of nitrogens with zero attached hydrogens (tertiary/aromatic N) is 12. The van der Waals surface area contributed by atoms with Crippen molar-refractivity contribution in [2.75, 3.05) is 52.9 Å². The highest BCUT2D eigenvalue weighted by atomic mass is 16.6. The van der Waals surface area contributed by atoms with Crippen molar-refractivity contribution >= 4 is 0 Å². The third-order valence-electron chi connectivity index (χ3n) is 21.0. The van der Waals surface area contributed by atoms with Crippen molar-refractivity contribution in [1.29, 1.82) is 0 Å². The van der Waals surface area contributed by atoms with Gasteiger partial charge in [-0.2, -0.15) is 0 Å². The van der Waals surface area contributed by atoms with Gasteiger partial charge in [0.25, 0.3) is 0 Å². The van der Waals surface area contributed by atoms with Crippen LogP contribution in [0.4, 0.5) is 0 Å². The highest BCUT2D eigenvalue weighted by molar-refractivity contribution is 5.90. The molecule has 18 nitrogen and oxygen atoms in total. The molecule has 1 aliphatic heterocycles. The molecule has 588 valence electrons. The van der Waals surface area contributed by atoms with Crippen LogP contribution < -0.4 is 18.9 Å². The van der Waals surface area contributed by atoms with Gasteiger partial charge in [0, 0.05) is 49.6 Å². The molecule has 0 N–H and O–H groups in total. The second kappa shape index (κ2) is 36.0. The topological polar surface area (TPSA) is 210 Å². The molecule has 0 unspecified atom stereocenters. The molecule has 0 radical (unpaired) electrons. The Balaban J connectivity index is 0.610. The number of benzene rings is 6. The van der Waals surface area contributed by atoms with E-state index in [9.17, 15) is 0 Å². The van der Waals surface area contributed by atoms with Crippen LogP contribution in [0.1, 0.15) is 0 Å². The minimum Gasteiger partial charge on any atom is -0.487 e. The molecule has 0 amide bonds. The van der Waals surface area contributed by atoms with E-state index in [-0.39, 0.29) is 52.9 Å². The molecule has 122 heavy (non-hydrogen) atoms. The first-order valence-electron chi connectivity index (χ1n) is 40.3. The Morgan fingerprint density at radius 3 is 0.557 bits per heavy atom.